The molecule has 0 saturated carbocycles. The molecular weight excluding hydrogens is 354 g/mol. The average molecular weight is 372 g/mol. The van der Waals surface area contributed by atoms with Gasteiger partial charge >= 0.3 is 0 Å². The predicted octanol–water partition coefficient (Wildman–Crippen LogP) is 5.64. The van der Waals surface area contributed by atoms with E-state index in [4.69, 9.17) is 0 Å². The molecule has 1 heterocycles. The number of carbonyl (C=O) groups excluding carboxylic acids is 1. The van der Waals surface area contributed by atoms with Crippen molar-refractivity contribution >= 4 is 22.4 Å². The van der Waals surface area contributed by atoms with Crippen molar-refractivity contribution in [3.63, 3.8) is 0 Å². The Hall–Kier alpha value is -2.60. The summed E-state index contributed by atoms with van der Waals surface area (Å²) in [5, 5.41) is 4.60. The van der Waals surface area contributed by atoms with Crippen LogP contribution in [0.5, 0.6) is 0 Å². The van der Waals surface area contributed by atoms with Crippen molar-refractivity contribution in [2.75, 3.05) is 5.32 Å². The monoisotopic (exact) mass is 372 g/mol. The molecule has 0 radical (unpaired) electrons. The lowest BCUT2D eigenvalue weighted by Crippen LogP contribution is -2.14. The van der Waals surface area contributed by atoms with Crippen LogP contribution in [0.15, 0.2) is 47.8 Å². The molecule has 0 aliphatic heterocycles. The van der Waals surface area contributed by atoms with Gasteiger partial charge in [-0.15, -0.1) is 11.3 Å². The first-order valence-electron chi connectivity index (χ1n) is 8.07. The van der Waals surface area contributed by atoms with Crippen LogP contribution in [0.25, 0.3) is 11.3 Å². The fourth-order valence-electron chi connectivity index (χ4n) is 2.44. The van der Waals surface area contributed by atoms with Crippen molar-refractivity contribution in [1.82, 2.24) is 4.98 Å². The normalized spacial score (nSPS) is 11.4. The van der Waals surface area contributed by atoms with Gasteiger partial charge in [0, 0.05) is 16.5 Å². The number of nitrogens with zero attached hydrogens (tertiary/aromatic N) is 1. The van der Waals surface area contributed by atoms with Crippen molar-refractivity contribution < 1.29 is 13.6 Å². The SMILES string of the molecule is CC(C)(C)c1ccc(C(=O)Nc2nc(-c3cc(F)ccc3F)cs2)cc1. The van der Waals surface area contributed by atoms with Gasteiger partial charge in [-0.1, -0.05) is 32.9 Å². The third kappa shape index (κ3) is 3.96. The Morgan fingerprint density at radius 2 is 1.77 bits per heavy atom. The molecule has 3 nitrogen and oxygen atoms in total. The lowest BCUT2D eigenvalue weighted by Gasteiger charge is -2.18. The average Bonchev–Trinajstić information content (AvgIpc) is 3.04. The number of carbonyl (C=O) groups is 1. The fraction of sp³-hybridized carbons (Fsp3) is 0.200. The van der Waals surface area contributed by atoms with Crippen molar-refractivity contribution in [3.8, 4) is 11.3 Å². The van der Waals surface area contributed by atoms with Gasteiger partial charge in [0.05, 0.1) is 5.69 Å². The summed E-state index contributed by atoms with van der Waals surface area (Å²) in [5.74, 6) is -1.41. The number of nitrogens with one attached hydrogen (secondary N) is 1. The van der Waals surface area contributed by atoms with Gasteiger partial charge in [0.15, 0.2) is 5.13 Å². The summed E-state index contributed by atoms with van der Waals surface area (Å²) in [4.78, 5) is 16.5. The Morgan fingerprint density at radius 1 is 1.08 bits per heavy atom. The zero-order chi connectivity index (χ0) is 18.9. The van der Waals surface area contributed by atoms with E-state index in [1.54, 1.807) is 17.5 Å². The summed E-state index contributed by atoms with van der Waals surface area (Å²) in [5.41, 5.74) is 1.99. The van der Waals surface area contributed by atoms with Crippen molar-refractivity contribution in [1.29, 1.82) is 0 Å². The molecule has 0 atom stereocenters. The number of hydrogen-bond donors (Lipinski definition) is 1. The Morgan fingerprint density at radius 3 is 2.42 bits per heavy atom. The molecule has 1 amide bonds. The van der Waals surface area contributed by atoms with Gasteiger partial charge in [-0.25, -0.2) is 13.8 Å². The lowest BCUT2D eigenvalue weighted by molar-refractivity contribution is 0.102. The Kier molecular flexibility index (Phi) is 4.87. The molecular formula is C20H18F2N2OS. The van der Waals surface area contributed by atoms with Gasteiger partial charge in [0.25, 0.3) is 5.91 Å². The van der Waals surface area contributed by atoms with E-state index in [0.717, 1.165) is 35.1 Å². The summed E-state index contributed by atoms with van der Waals surface area (Å²) in [7, 11) is 0. The first kappa shape index (κ1) is 18.2. The maximum absolute atomic E-state index is 13.8. The van der Waals surface area contributed by atoms with E-state index in [1.807, 2.05) is 12.1 Å². The largest absolute Gasteiger partial charge is 0.298 e. The number of aromatic nitrogens is 1. The van der Waals surface area contributed by atoms with Crippen LogP contribution in [0.3, 0.4) is 0 Å². The smallest absolute Gasteiger partial charge is 0.257 e. The summed E-state index contributed by atoms with van der Waals surface area (Å²) in [6.07, 6.45) is 0. The molecule has 1 aromatic heterocycles. The third-order valence-electron chi connectivity index (χ3n) is 3.94. The molecule has 0 bridgehead atoms. The summed E-state index contributed by atoms with van der Waals surface area (Å²) in [6.45, 7) is 6.31. The van der Waals surface area contributed by atoms with Crippen molar-refractivity contribution in [2.45, 2.75) is 26.2 Å². The molecule has 0 aliphatic carbocycles. The number of thiazole rings is 1. The molecule has 1 N–H and O–H groups in total. The van der Waals surface area contributed by atoms with Crippen molar-refractivity contribution in [2.24, 2.45) is 0 Å². The summed E-state index contributed by atoms with van der Waals surface area (Å²) < 4.78 is 27.2. The lowest BCUT2D eigenvalue weighted by atomic mass is 9.87. The molecule has 0 spiro atoms. The van der Waals surface area contributed by atoms with E-state index in [1.165, 1.54) is 0 Å². The molecule has 0 unspecified atom stereocenters. The van der Waals surface area contributed by atoms with E-state index >= 15 is 0 Å². The standard InChI is InChI=1S/C20H18F2N2OS/c1-20(2,3)13-6-4-12(5-7-13)18(25)24-19-23-17(11-26-19)15-10-14(21)8-9-16(15)22/h4-11H,1-3H3,(H,23,24,25). The maximum Gasteiger partial charge on any atom is 0.257 e. The molecule has 26 heavy (non-hydrogen) atoms. The Labute approximate surface area is 154 Å². The highest BCUT2D eigenvalue weighted by molar-refractivity contribution is 7.14. The van der Waals surface area contributed by atoms with Crippen LogP contribution in [0, 0.1) is 11.6 Å². The number of rotatable bonds is 3. The first-order valence-corrected chi connectivity index (χ1v) is 8.95. The van der Waals surface area contributed by atoms with E-state index in [-0.39, 0.29) is 22.6 Å². The number of halogens is 2. The number of amides is 1. The van der Waals surface area contributed by atoms with E-state index in [9.17, 15) is 13.6 Å². The van der Waals surface area contributed by atoms with Crippen LogP contribution in [-0.4, -0.2) is 10.9 Å². The predicted molar refractivity (Wildman–Crippen MR) is 101 cm³/mol. The van der Waals surface area contributed by atoms with Crippen molar-refractivity contribution in [3.05, 3.63) is 70.6 Å². The molecule has 3 rings (SSSR count). The van der Waals surface area contributed by atoms with Crippen LogP contribution >= 0.6 is 11.3 Å². The van der Waals surface area contributed by atoms with Crippen LogP contribution < -0.4 is 5.32 Å². The molecule has 0 aliphatic rings. The minimum Gasteiger partial charge on any atom is -0.298 e. The second kappa shape index (κ2) is 6.96. The summed E-state index contributed by atoms with van der Waals surface area (Å²) in [6, 6.07) is 10.6. The molecule has 0 fully saturated rings. The van der Waals surface area contributed by atoms with Gasteiger partial charge in [0.2, 0.25) is 0 Å². The van der Waals surface area contributed by atoms with Gasteiger partial charge in [-0.2, -0.15) is 0 Å². The van der Waals surface area contributed by atoms with Gasteiger partial charge in [0.1, 0.15) is 11.6 Å². The van der Waals surface area contributed by atoms with E-state index in [0.29, 0.717) is 10.7 Å². The number of benzene rings is 2. The minimum atomic E-state index is -0.563. The Balaban J connectivity index is 1.77. The molecule has 134 valence electrons. The van der Waals surface area contributed by atoms with Gasteiger partial charge in [-0.3, -0.25) is 10.1 Å². The molecule has 6 heteroatoms. The quantitative estimate of drug-likeness (QED) is 0.647. The third-order valence-corrected chi connectivity index (χ3v) is 4.70. The molecule has 3 aromatic rings. The van der Waals surface area contributed by atoms with Crippen LogP contribution in [0.1, 0.15) is 36.7 Å². The van der Waals surface area contributed by atoms with Gasteiger partial charge in [-0.05, 0) is 41.3 Å². The van der Waals surface area contributed by atoms with E-state index in [2.05, 4.69) is 31.1 Å². The van der Waals surface area contributed by atoms with Gasteiger partial charge < -0.3 is 0 Å². The van der Waals surface area contributed by atoms with Crippen LogP contribution in [0.4, 0.5) is 13.9 Å². The molecule has 0 saturated heterocycles. The highest BCUT2D eigenvalue weighted by Crippen LogP contribution is 2.28. The topological polar surface area (TPSA) is 42.0 Å². The first-order chi connectivity index (χ1) is 12.2. The zero-order valence-corrected chi connectivity index (χ0v) is 15.5. The molecule has 2 aromatic carbocycles. The minimum absolute atomic E-state index is 0.00818. The summed E-state index contributed by atoms with van der Waals surface area (Å²) >= 11 is 1.16. The van der Waals surface area contributed by atoms with Crippen LogP contribution in [-0.2, 0) is 5.41 Å². The zero-order valence-electron chi connectivity index (χ0n) is 14.6. The van der Waals surface area contributed by atoms with Crippen LogP contribution in [0.2, 0.25) is 0 Å². The number of anilines is 1. The Bertz CT molecular complexity index is 943. The second-order valence-corrected chi connectivity index (χ2v) is 7.80. The highest BCUT2D eigenvalue weighted by Gasteiger charge is 2.16. The second-order valence-electron chi connectivity index (χ2n) is 6.94. The maximum atomic E-state index is 13.8. The van der Waals surface area contributed by atoms with E-state index < -0.39 is 11.6 Å². The highest BCUT2D eigenvalue weighted by atomic mass is 32.1. The fourth-order valence-corrected chi connectivity index (χ4v) is 3.15. The number of hydrogen-bond acceptors (Lipinski definition) is 3.